The minimum absolute atomic E-state index is 0.153. The second-order valence-corrected chi connectivity index (χ2v) is 5.28. The van der Waals surface area contributed by atoms with Crippen LogP contribution in [0.2, 0.25) is 0 Å². The van der Waals surface area contributed by atoms with Gasteiger partial charge < -0.3 is 10.2 Å². The van der Waals surface area contributed by atoms with Crippen molar-refractivity contribution in [2.75, 3.05) is 27.2 Å². The second kappa shape index (κ2) is 9.03. The molecule has 4 heteroatoms. The lowest BCUT2D eigenvalue weighted by Gasteiger charge is -2.22. The maximum Gasteiger partial charge on any atom is 0.163 e. The maximum absolute atomic E-state index is 13.8. The van der Waals surface area contributed by atoms with E-state index in [0.717, 1.165) is 25.6 Å². The van der Waals surface area contributed by atoms with E-state index >= 15 is 0 Å². The Morgan fingerprint density at radius 2 is 1.95 bits per heavy atom. The number of nitrogens with one attached hydrogen (secondary N) is 1. The van der Waals surface area contributed by atoms with E-state index in [4.69, 9.17) is 0 Å². The monoisotopic (exact) mass is 284 g/mol. The summed E-state index contributed by atoms with van der Waals surface area (Å²) in [6.07, 6.45) is 4.39. The molecule has 20 heavy (non-hydrogen) atoms. The first kappa shape index (κ1) is 17.1. The van der Waals surface area contributed by atoms with Crippen molar-refractivity contribution in [2.24, 2.45) is 0 Å². The van der Waals surface area contributed by atoms with Gasteiger partial charge in [-0.05, 0) is 46.1 Å². The van der Waals surface area contributed by atoms with E-state index in [0.29, 0.717) is 5.56 Å². The van der Waals surface area contributed by atoms with Crippen molar-refractivity contribution in [3.8, 4) is 0 Å². The lowest BCUT2D eigenvalue weighted by atomic mass is 10.0. The Hall–Kier alpha value is -1.00. The lowest BCUT2D eigenvalue weighted by Crippen LogP contribution is -2.27. The van der Waals surface area contributed by atoms with Crippen molar-refractivity contribution in [1.82, 2.24) is 10.2 Å². The van der Waals surface area contributed by atoms with E-state index < -0.39 is 11.6 Å². The molecule has 0 heterocycles. The largest absolute Gasteiger partial charge is 0.313 e. The van der Waals surface area contributed by atoms with Crippen LogP contribution in [0.1, 0.15) is 44.2 Å². The zero-order chi connectivity index (χ0) is 15.0. The van der Waals surface area contributed by atoms with Crippen LogP contribution in [0.4, 0.5) is 8.78 Å². The molecule has 0 aromatic heterocycles. The summed E-state index contributed by atoms with van der Waals surface area (Å²) in [7, 11) is 3.86. The van der Waals surface area contributed by atoms with E-state index in [2.05, 4.69) is 24.2 Å². The number of nitrogens with zero attached hydrogens (tertiary/aromatic N) is 1. The molecule has 0 saturated carbocycles. The van der Waals surface area contributed by atoms with Crippen LogP contribution in [-0.4, -0.2) is 32.1 Å². The fourth-order valence-corrected chi connectivity index (χ4v) is 2.34. The van der Waals surface area contributed by atoms with Crippen molar-refractivity contribution >= 4 is 0 Å². The van der Waals surface area contributed by atoms with E-state index in [9.17, 15) is 8.78 Å². The van der Waals surface area contributed by atoms with E-state index in [1.165, 1.54) is 19.3 Å². The fourth-order valence-electron chi connectivity index (χ4n) is 2.34. The summed E-state index contributed by atoms with van der Waals surface area (Å²) in [5, 5.41) is 3.08. The van der Waals surface area contributed by atoms with Gasteiger partial charge in [-0.15, -0.1) is 0 Å². The average molecular weight is 284 g/mol. The smallest absolute Gasteiger partial charge is 0.163 e. The zero-order valence-electron chi connectivity index (χ0n) is 12.8. The third kappa shape index (κ3) is 5.17. The zero-order valence-corrected chi connectivity index (χ0v) is 12.8. The van der Waals surface area contributed by atoms with Crippen molar-refractivity contribution in [1.29, 1.82) is 0 Å². The molecule has 0 aliphatic carbocycles. The first-order valence-electron chi connectivity index (χ1n) is 7.39. The molecule has 0 aliphatic rings. The van der Waals surface area contributed by atoms with Gasteiger partial charge in [0.15, 0.2) is 11.6 Å². The SMILES string of the molecule is CCCCCN(C)CCC(NC)c1cccc(F)c1F. The minimum Gasteiger partial charge on any atom is -0.313 e. The molecule has 1 unspecified atom stereocenters. The number of hydrogen-bond acceptors (Lipinski definition) is 2. The Bertz CT molecular complexity index is 396. The Morgan fingerprint density at radius 3 is 2.60 bits per heavy atom. The van der Waals surface area contributed by atoms with E-state index in [1.807, 2.05) is 0 Å². The Labute approximate surface area is 121 Å². The van der Waals surface area contributed by atoms with Crippen LogP contribution >= 0.6 is 0 Å². The van der Waals surface area contributed by atoms with Crippen LogP contribution in [0.15, 0.2) is 18.2 Å². The number of rotatable bonds is 9. The van der Waals surface area contributed by atoms with Gasteiger partial charge >= 0.3 is 0 Å². The Morgan fingerprint density at radius 1 is 1.20 bits per heavy atom. The standard InChI is InChI=1S/C16H26F2N2/c1-4-5-6-11-20(3)12-10-15(19-2)13-8-7-9-14(17)16(13)18/h7-9,15,19H,4-6,10-12H2,1-3H3. The topological polar surface area (TPSA) is 15.3 Å². The Kier molecular flexibility index (Phi) is 7.70. The third-order valence-electron chi connectivity index (χ3n) is 3.65. The molecule has 0 spiro atoms. The van der Waals surface area contributed by atoms with Crippen LogP contribution in [0.3, 0.4) is 0 Å². The summed E-state index contributed by atoms with van der Waals surface area (Å²) in [6.45, 7) is 4.10. The van der Waals surface area contributed by atoms with Gasteiger partial charge in [0.25, 0.3) is 0 Å². The highest BCUT2D eigenvalue weighted by molar-refractivity contribution is 5.22. The predicted molar refractivity (Wildman–Crippen MR) is 79.8 cm³/mol. The summed E-state index contributed by atoms with van der Waals surface area (Å²) in [5.74, 6) is -1.51. The molecular formula is C16H26F2N2. The molecule has 1 atom stereocenters. The molecule has 0 fully saturated rings. The van der Waals surface area contributed by atoms with Gasteiger partial charge in [-0.25, -0.2) is 8.78 Å². The Balaban J connectivity index is 2.53. The molecule has 0 aliphatic heterocycles. The van der Waals surface area contributed by atoms with Crippen molar-refractivity contribution < 1.29 is 8.78 Å². The summed E-state index contributed by atoms with van der Waals surface area (Å²) in [4.78, 5) is 2.25. The first-order chi connectivity index (χ1) is 9.60. The summed E-state index contributed by atoms with van der Waals surface area (Å²) >= 11 is 0. The quantitative estimate of drug-likeness (QED) is 0.695. The van der Waals surface area contributed by atoms with Crippen molar-refractivity contribution in [3.63, 3.8) is 0 Å². The van der Waals surface area contributed by atoms with Gasteiger partial charge in [0, 0.05) is 11.6 Å². The second-order valence-electron chi connectivity index (χ2n) is 5.28. The van der Waals surface area contributed by atoms with Gasteiger partial charge in [0.05, 0.1) is 0 Å². The van der Waals surface area contributed by atoms with E-state index in [1.54, 1.807) is 19.2 Å². The van der Waals surface area contributed by atoms with Crippen LogP contribution in [-0.2, 0) is 0 Å². The highest BCUT2D eigenvalue weighted by atomic mass is 19.2. The first-order valence-corrected chi connectivity index (χ1v) is 7.39. The van der Waals surface area contributed by atoms with Gasteiger partial charge in [0.2, 0.25) is 0 Å². The van der Waals surface area contributed by atoms with Crippen LogP contribution in [0, 0.1) is 11.6 Å². The molecule has 0 saturated heterocycles. The normalized spacial score (nSPS) is 12.9. The maximum atomic E-state index is 13.8. The van der Waals surface area contributed by atoms with Crippen LogP contribution in [0.5, 0.6) is 0 Å². The third-order valence-corrected chi connectivity index (χ3v) is 3.65. The number of unbranched alkanes of at least 4 members (excludes halogenated alkanes) is 2. The summed E-state index contributed by atoms with van der Waals surface area (Å²) in [5.41, 5.74) is 0.412. The molecular weight excluding hydrogens is 258 g/mol. The van der Waals surface area contributed by atoms with Crippen LogP contribution < -0.4 is 5.32 Å². The summed E-state index contributed by atoms with van der Waals surface area (Å²) < 4.78 is 27.1. The van der Waals surface area contributed by atoms with Gasteiger partial charge in [-0.3, -0.25) is 0 Å². The van der Waals surface area contributed by atoms with Gasteiger partial charge in [-0.1, -0.05) is 31.9 Å². The van der Waals surface area contributed by atoms with E-state index in [-0.39, 0.29) is 6.04 Å². The molecule has 114 valence electrons. The molecule has 1 aromatic carbocycles. The highest BCUT2D eigenvalue weighted by Gasteiger charge is 2.17. The molecule has 2 nitrogen and oxygen atoms in total. The minimum atomic E-state index is -0.779. The number of benzene rings is 1. The lowest BCUT2D eigenvalue weighted by molar-refractivity contribution is 0.302. The molecule has 0 amide bonds. The van der Waals surface area contributed by atoms with Gasteiger partial charge in [-0.2, -0.15) is 0 Å². The number of hydrogen-bond donors (Lipinski definition) is 1. The van der Waals surface area contributed by atoms with Gasteiger partial charge in [0.1, 0.15) is 0 Å². The molecule has 1 aromatic rings. The molecule has 1 N–H and O–H groups in total. The molecule has 0 radical (unpaired) electrons. The highest BCUT2D eigenvalue weighted by Crippen LogP contribution is 2.22. The predicted octanol–water partition coefficient (Wildman–Crippen LogP) is 3.74. The average Bonchev–Trinajstić information content (AvgIpc) is 2.44. The van der Waals surface area contributed by atoms with Crippen molar-refractivity contribution in [3.05, 3.63) is 35.4 Å². The number of halogens is 2. The molecule has 0 bridgehead atoms. The summed E-state index contributed by atoms with van der Waals surface area (Å²) in [6, 6.07) is 4.21. The molecule has 1 rings (SSSR count). The van der Waals surface area contributed by atoms with Crippen molar-refractivity contribution in [2.45, 2.75) is 38.6 Å². The fraction of sp³-hybridized carbons (Fsp3) is 0.625. The van der Waals surface area contributed by atoms with Crippen LogP contribution in [0.25, 0.3) is 0 Å².